The number of carbonyl (C=O) groups excluding carboxylic acids is 2. The molecule has 41 heavy (non-hydrogen) atoms. The lowest BCUT2D eigenvalue weighted by Gasteiger charge is -2.38. The van der Waals surface area contributed by atoms with Gasteiger partial charge < -0.3 is 24.8 Å². The lowest BCUT2D eigenvalue weighted by Crippen LogP contribution is -2.49. The molecule has 3 aromatic carbocycles. The van der Waals surface area contributed by atoms with Crippen LogP contribution in [0.25, 0.3) is 0 Å². The van der Waals surface area contributed by atoms with Crippen LogP contribution in [0.4, 0.5) is 5.69 Å². The molecular formula is C33H39N3O5. The average Bonchev–Trinajstić information content (AvgIpc) is 3.82. The average molecular weight is 558 g/mol. The molecule has 3 atom stereocenters. The van der Waals surface area contributed by atoms with Crippen molar-refractivity contribution in [3.63, 3.8) is 0 Å². The van der Waals surface area contributed by atoms with E-state index in [2.05, 4.69) is 29.3 Å². The van der Waals surface area contributed by atoms with Crippen LogP contribution in [0, 0.1) is 11.8 Å². The fourth-order valence-corrected chi connectivity index (χ4v) is 5.11. The summed E-state index contributed by atoms with van der Waals surface area (Å²) in [6, 6.07) is 22.7. The van der Waals surface area contributed by atoms with Crippen molar-refractivity contribution in [3.05, 3.63) is 83.9 Å². The molecular weight excluding hydrogens is 518 g/mol. The molecule has 1 aliphatic heterocycles. The second-order valence-electron chi connectivity index (χ2n) is 11.3. The van der Waals surface area contributed by atoms with Crippen LogP contribution in [0.15, 0.2) is 72.8 Å². The van der Waals surface area contributed by atoms with Crippen molar-refractivity contribution >= 4 is 17.5 Å². The number of para-hydroxylation sites is 2. The standard InChI is InChI=1S/C33H39N3O5/c1-22-18-36(23(2)21-37)33(39)28-10-7-11-29(34-32(38)25-14-15-25)31(28)41-30(22)20-35(3)19-24-12-16-27(17-13-24)40-26-8-5-4-6-9-26/h4-13,16-17,22-23,25,30,37H,14-15,18-21H2,1-3H3,(H,34,38)/t22-,23-,30+/m0/s1. The number of nitrogens with zero attached hydrogens (tertiary/aromatic N) is 2. The number of aliphatic hydroxyl groups is 1. The van der Waals surface area contributed by atoms with Crippen LogP contribution in [0.2, 0.25) is 0 Å². The first-order valence-electron chi connectivity index (χ1n) is 14.3. The monoisotopic (exact) mass is 557 g/mol. The highest BCUT2D eigenvalue weighted by Crippen LogP contribution is 2.37. The van der Waals surface area contributed by atoms with Crippen molar-refractivity contribution in [1.29, 1.82) is 0 Å². The first-order chi connectivity index (χ1) is 19.8. The molecule has 1 saturated carbocycles. The zero-order valence-corrected chi connectivity index (χ0v) is 24.0. The number of hydrogen-bond acceptors (Lipinski definition) is 6. The summed E-state index contributed by atoms with van der Waals surface area (Å²) in [6.45, 7) is 5.51. The number of carbonyl (C=O) groups is 2. The number of ether oxygens (including phenoxy) is 2. The molecule has 2 amide bonds. The largest absolute Gasteiger partial charge is 0.486 e. The van der Waals surface area contributed by atoms with Crippen molar-refractivity contribution in [2.24, 2.45) is 11.8 Å². The minimum absolute atomic E-state index is 0.0198. The van der Waals surface area contributed by atoms with Crippen LogP contribution < -0.4 is 14.8 Å². The lowest BCUT2D eigenvalue weighted by molar-refractivity contribution is -0.117. The van der Waals surface area contributed by atoms with E-state index in [1.165, 1.54) is 0 Å². The van der Waals surface area contributed by atoms with E-state index in [4.69, 9.17) is 9.47 Å². The predicted molar refractivity (Wildman–Crippen MR) is 158 cm³/mol. The van der Waals surface area contributed by atoms with Gasteiger partial charge in [-0.15, -0.1) is 0 Å². The van der Waals surface area contributed by atoms with Crippen molar-refractivity contribution < 1.29 is 24.2 Å². The molecule has 1 heterocycles. The molecule has 8 heteroatoms. The topological polar surface area (TPSA) is 91.3 Å². The Morgan fingerprint density at radius 3 is 2.46 bits per heavy atom. The number of likely N-dealkylation sites (N-methyl/N-ethyl adjacent to an activating group) is 1. The molecule has 216 valence electrons. The van der Waals surface area contributed by atoms with Gasteiger partial charge in [-0.3, -0.25) is 14.5 Å². The highest BCUT2D eigenvalue weighted by atomic mass is 16.5. The Labute approximate surface area is 241 Å². The zero-order chi connectivity index (χ0) is 28.9. The third-order valence-electron chi connectivity index (χ3n) is 7.74. The van der Waals surface area contributed by atoms with E-state index in [-0.39, 0.29) is 42.4 Å². The fraction of sp³-hybridized carbons (Fsp3) is 0.394. The van der Waals surface area contributed by atoms with E-state index in [1.54, 1.807) is 23.1 Å². The summed E-state index contributed by atoms with van der Waals surface area (Å²) in [7, 11) is 2.05. The van der Waals surface area contributed by atoms with Crippen molar-refractivity contribution in [3.8, 4) is 17.2 Å². The molecule has 0 unspecified atom stereocenters. The Morgan fingerprint density at radius 2 is 1.78 bits per heavy atom. The minimum atomic E-state index is -0.351. The summed E-state index contributed by atoms with van der Waals surface area (Å²) in [4.78, 5) is 30.2. The lowest BCUT2D eigenvalue weighted by atomic mass is 9.98. The van der Waals surface area contributed by atoms with E-state index < -0.39 is 0 Å². The van der Waals surface area contributed by atoms with Gasteiger partial charge in [0.25, 0.3) is 5.91 Å². The highest BCUT2D eigenvalue weighted by molar-refractivity contribution is 6.02. The number of hydrogen-bond donors (Lipinski definition) is 2. The molecule has 0 aromatic heterocycles. The molecule has 1 fully saturated rings. The van der Waals surface area contributed by atoms with Crippen LogP contribution >= 0.6 is 0 Å². The third kappa shape index (κ3) is 7.07. The summed E-state index contributed by atoms with van der Waals surface area (Å²) in [6.07, 6.45) is 1.50. The van der Waals surface area contributed by atoms with Gasteiger partial charge >= 0.3 is 0 Å². The number of fused-ring (bicyclic) bond motifs is 1. The van der Waals surface area contributed by atoms with Crippen LogP contribution in [0.5, 0.6) is 17.2 Å². The first-order valence-corrected chi connectivity index (χ1v) is 14.3. The summed E-state index contributed by atoms with van der Waals surface area (Å²) < 4.78 is 12.5. The number of rotatable bonds is 10. The van der Waals surface area contributed by atoms with Crippen LogP contribution in [-0.2, 0) is 11.3 Å². The number of aliphatic hydroxyl groups excluding tert-OH is 1. The van der Waals surface area contributed by atoms with Crippen LogP contribution in [-0.4, -0.2) is 65.6 Å². The Morgan fingerprint density at radius 1 is 1.07 bits per heavy atom. The summed E-state index contributed by atoms with van der Waals surface area (Å²) in [5.74, 6) is 1.71. The Bertz CT molecular complexity index is 1340. The smallest absolute Gasteiger partial charge is 0.258 e. The van der Waals surface area contributed by atoms with Crippen molar-refractivity contribution in [2.75, 3.05) is 32.1 Å². The molecule has 3 aromatic rings. The normalized spacial score (nSPS) is 19.5. The Balaban J connectivity index is 1.34. The molecule has 2 aliphatic rings. The summed E-state index contributed by atoms with van der Waals surface area (Å²) >= 11 is 0. The van der Waals surface area contributed by atoms with Crippen molar-refractivity contribution in [1.82, 2.24) is 9.80 Å². The number of amides is 2. The zero-order valence-electron chi connectivity index (χ0n) is 24.0. The second-order valence-corrected chi connectivity index (χ2v) is 11.3. The molecule has 1 aliphatic carbocycles. The van der Waals surface area contributed by atoms with Gasteiger partial charge in [-0.05, 0) is 68.8 Å². The van der Waals surface area contributed by atoms with E-state index >= 15 is 0 Å². The van der Waals surface area contributed by atoms with Gasteiger partial charge in [-0.1, -0.05) is 43.3 Å². The van der Waals surface area contributed by atoms with Gasteiger partial charge in [0.1, 0.15) is 17.6 Å². The van der Waals surface area contributed by atoms with Gasteiger partial charge in [0.05, 0.1) is 23.9 Å². The van der Waals surface area contributed by atoms with Gasteiger partial charge in [-0.25, -0.2) is 0 Å². The maximum atomic E-state index is 13.6. The minimum Gasteiger partial charge on any atom is -0.486 e. The molecule has 0 spiro atoms. The van der Waals surface area contributed by atoms with E-state index in [9.17, 15) is 14.7 Å². The third-order valence-corrected chi connectivity index (χ3v) is 7.74. The molecule has 0 saturated heterocycles. The SMILES string of the molecule is C[C@H]1CN([C@@H](C)CO)C(=O)c2cccc(NC(=O)C3CC3)c2O[C@@H]1CN(C)Cc1ccc(Oc2ccccc2)cc1. The van der Waals surface area contributed by atoms with Gasteiger partial charge in [-0.2, -0.15) is 0 Å². The maximum Gasteiger partial charge on any atom is 0.258 e. The predicted octanol–water partition coefficient (Wildman–Crippen LogP) is 5.18. The molecule has 0 bridgehead atoms. The fourth-order valence-electron chi connectivity index (χ4n) is 5.11. The maximum absolute atomic E-state index is 13.6. The Kier molecular flexibility index (Phi) is 8.90. The van der Waals surface area contributed by atoms with E-state index in [0.29, 0.717) is 36.6 Å². The second kappa shape index (κ2) is 12.7. The Hall–Kier alpha value is -3.88. The van der Waals surface area contributed by atoms with Crippen molar-refractivity contribution in [2.45, 2.75) is 45.4 Å². The van der Waals surface area contributed by atoms with Gasteiger partial charge in [0, 0.05) is 31.5 Å². The molecule has 2 N–H and O–H groups in total. The van der Waals surface area contributed by atoms with Gasteiger partial charge in [0.15, 0.2) is 5.75 Å². The van der Waals surface area contributed by atoms with E-state index in [1.807, 2.05) is 56.4 Å². The summed E-state index contributed by atoms with van der Waals surface area (Å²) in [5.41, 5.74) is 2.04. The van der Waals surface area contributed by atoms with E-state index in [0.717, 1.165) is 29.9 Å². The molecule has 5 rings (SSSR count). The quantitative estimate of drug-likeness (QED) is 0.357. The number of anilines is 1. The molecule has 8 nitrogen and oxygen atoms in total. The number of nitrogens with one attached hydrogen (secondary N) is 1. The van der Waals surface area contributed by atoms with Gasteiger partial charge in [0.2, 0.25) is 5.91 Å². The highest BCUT2D eigenvalue weighted by Gasteiger charge is 2.36. The van der Waals surface area contributed by atoms with Crippen LogP contribution in [0.3, 0.4) is 0 Å². The molecule has 0 radical (unpaired) electrons. The summed E-state index contributed by atoms with van der Waals surface area (Å²) in [5, 5.41) is 12.9. The number of benzene rings is 3. The first kappa shape index (κ1) is 28.6. The van der Waals surface area contributed by atoms with Crippen LogP contribution in [0.1, 0.15) is 42.6 Å².